The molecule has 1 aromatic carbocycles. The number of piperidine rings is 1. The number of rotatable bonds is 1. The van der Waals surface area contributed by atoms with Crippen LogP contribution in [-0.2, 0) is 4.74 Å². The first-order valence-corrected chi connectivity index (χ1v) is 8.00. The molecule has 2 N–H and O–H groups in total. The maximum Gasteiger partial charge on any atom is 0.410 e. The maximum absolute atomic E-state index is 12.5. The van der Waals surface area contributed by atoms with E-state index in [0.29, 0.717) is 6.54 Å². The van der Waals surface area contributed by atoms with Crippen LogP contribution in [0.1, 0.15) is 56.3 Å². The van der Waals surface area contributed by atoms with Gasteiger partial charge < -0.3 is 15.4 Å². The Morgan fingerprint density at radius 3 is 2.55 bits per heavy atom. The van der Waals surface area contributed by atoms with Gasteiger partial charge in [-0.3, -0.25) is 0 Å². The summed E-state index contributed by atoms with van der Waals surface area (Å²) >= 11 is 0. The van der Waals surface area contributed by atoms with Crippen LogP contribution in [0.15, 0.2) is 18.2 Å². The molecule has 4 heteroatoms. The number of likely N-dealkylation sites (tertiary alicyclic amines) is 1. The lowest BCUT2D eigenvalue weighted by Crippen LogP contribution is -2.46. The monoisotopic (exact) mass is 304 g/mol. The molecule has 0 bridgehead atoms. The Kier molecular flexibility index (Phi) is 4.81. The second kappa shape index (κ2) is 6.29. The van der Waals surface area contributed by atoms with Gasteiger partial charge >= 0.3 is 6.09 Å². The summed E-state index contributed by atoms with van der Waals surface area (Å²) in [5.74, 6) is 0. The van der Waals surface area contributed by atoms with Crippen molar-refractivity contribution >= 4 is 6.09 Å². The summed E-state index contributed by atoms with van der Waals surface area (Å²) in [7, 11) is 0. The molecule has 0 saturated carbocycles. The van der Waals surface area contributed by atoms with Crippen molar-refractivity contribution < 1.29 is 9.53 Å². The van der Waals surface area contributed by atoms with Gasteiger partial charge in [-0.1, -0.05) is 18.2 Å². The third-order valence-electron chi connectivity index (χ3n) is 4.19. The maximum atomic E-state index is 12.5. The number of carbonyl (C=O) groups excluding carboxylic acids is 1. The topological polar surface area (TPSA) is 55.6 Å². The molecule has 0 aromatic heterocycles. The van der Waals surface area contributed by atoms with E-state index in [1.165, 1.54) is 11.1 Å². The van der Waals surface area contributed by atoms with Crippen LogP contribution in [-0.4, -0.2) is 29.2 Å². The van der Waals surface area contributed by atoms with Gasteiger partial charge in [0.2, 0.25) is 0 Å². The number of ether oxygens (including phenoxy) is 1. The van der Waals surface area contributed by atoms with Gasteiger partial charge in [0.05, 0.1) is 6.04 Å². The highest BCUT2D eigenvalue weighted by molar-refractivity contribution is 5.69. The smallest absolute Gasteiger partial charge is 0.410 e. The summed E-state index contributed by atoms with van der Waals surface area (Å²) in [4.78, 5) is 14.4. The molecule has 0 aliphatic carbocycles. The number of aryl methyl sites for hydroxylation is 2. The molecular formula is C18H28N2O2. The molecule has 1 aliphatic heterocycles. The fraction of sp³-hybridized carbons (Fsp3) is 0.611. The molecule has 122 valence electrons. The average Bonchev–Trinajstić information content (AvgIpc) is 2.39. The molecule has 1 fully saturated rings. The van der Waals surface area contributed by atoms with E-state index in [-0.39, 0.29) is 18.2 Å². The van der Waals surface area contributed by atoms with E-state index in [1.807, 2.05) is 25.7 Å². The normalized spacial score (nSPS) is 22.5. The Morgan fingerprint density at radius 1 is 1.27 bits per heavy atom. The van der Waals surface area contributed by atoms with Crippen molar-refractivity contribution in [3.63, 3.8) is 0 Å². The molecule has 2 unspecified atom stereocenters. The minimum absolute atomic E-state index is 0.00194. The summed E-state index contributed by atoms with van der Waals surface area (Å²) in [5, 5.41) is 0. The van der Waals surface area contributed by atoms with Crippen LogP contribution in [0.4, 0.5) is 4.79 Å². The van der Waals surface area contributed by atoms with Crippen LogP contribution in [0.5, 0.6) is 0 Å². The number of nitrogens with two attached hydrogens (primary N) is 1. The van der Waals surface area contributed by atoms with E-state index in [2.05, 4.69) is 32.0 Å². The standard InChI is InChI=1S/C18H28N2O2/c1-12-6-7-14(10-13(12)2)16-11-15(19)8-9-20(16)17(21)22-18(3,4)5/h6-7,10,15-16H,8-9,11,19H2,1-5H3. The van der Waals surface area contributed by atoms with Gasteiger partial charge in [0.25, 0.3) is 0 Å². The molecule has 0 spiro atoms. The highest BCUT2D eigenvalue weighted by Crippen LogP contribution is 2.32. The predicted octanol–water partition coefficient (Wildman–Crippen LogP) is 3.70. The molecule has 0 radical (unpaired) electrons. The van der Waals surface area contributed by atoms with Crippen molar-refractivity contribution in [2.24, 2.45) is 5.73 Å². The zero-order valence-corrected chi connectivity index (χ0v) is 14.3. The van der Waals surface area contributed by atoms with E-state index in [1.54, 1.807) is 0 Å². The second-order valence-corrected chi connectivity index (χ2v) is 7.32. The van der Waals surface area contributed by atoms with Crippen molar-refractivity contribution in [3.8, 4) is 0 Å². The van der Waals surface area contributed by atoms with E-state index in [0.717, 1.165) is 18.4 Å². The number of hydrogen-bond donors (Lipinski definition) is 1. The first-order chi connectivity index (χ1) is 10.2. The van der Waals surface area contributed by atoms with Crippen LogP contribution in [0.25, 0.3) is 0 Å². The largest absolute Gasteiger partial charge is 0.444 e. The third kappa shape index (κ3) is 4.01. The Balaban J connectivity index is 2.26. The van der Waals surface area contributed by atoms with Gasteiger partial charge in [-0.15, -0.1) is 0 Å². The molecule has 1 heterocycles. The Labute approximate surface area is 133 Å². The molecular weight excluding hydrogens is 276 g/mol. The van der Waals surface area contributed by atoms with Crippen LogP contribution in [0.3, 0.4) is 0 Å². The van der Waals surface area contributed by atoms with Crippen molar-refractivity contribution in [1.82, 2.24) is 4.90 Å². The molecule has 1 aliphatic rings. The van der Waals surface area contributed by atoms with Gasteiger partial charge in [0.15, 0.2) is 0 Å². The quantitative estimate of drug-likeness (QED) is 0.860. The van der Waals surface area contributed by atoms with Crippen LogP contribution in [0, 0.1) is 13.8 Å². The van der Waals surface area contributed by atoms with Crippen LogP contribution < -0.4 is 5.73 Å². The average molecular weight is 304 g/mol. The zero-order chi connectivity index (χ0) is 16.5. The first kappa shape index (κ1) is 16.8. The Morgan fingerprint density at radius 2 is 1.95 bits per heavy atom. The summed E-state index contributed by atoms with van der Waals surface area (Å²) in [5.41, 5.74) is 9.30. The molecule has 1 amide bonds. The molecule has 4 nitrogen and oxygen atoms in total. The van der Waals surface area contributed by atoms with E-state index in [9.17, 15) is 4.79 Å². The molecule has 22 heavy (non-hydrogen) atoms. The Bertz CT molecular complexity index is 549. The third-order valence-corrected chi connectivity index (χ3v) is 4.19. The zero-order valence-electron chi connectivity index (χ0n) is 14.3. The summed E-state index contributed by atoms with van der Waals surface area (Å²) < 4.78 is 5.56. The first-order valence-electron chi connectivity index (χ1n) is 8.00. The second-order valence-electron chi connectivity index (χ2n) is 7.32. The lowest BCUT2D eigenvalue weighted by molar-refractivity contribution is 0.00796. The van der Waals surface area contributed by atoms with Gasteiger partial charge in [-0.25, -0.2) is 4.79 Å². The fourth-order valence-corrected chi connectivity index (χ4v) is 2.82. The predicted molar refractivity (Wildman–Crippen MR) is 88.8 cm³/mol. The van der Waals surface area contributed by atoms with Gasteiger partial charge in [-0.05, 0) is 64.2 Å². The van der Waals surface area contributed by atoms with Gasteiger partial charge in [0, 0.05) is 12.6 Å². The van der Waals surface area contributed by atoms with E-state index >= 15 is 0 Å². The fourth-order valence-electron chi connectivity index (χ4n) is 2.82. The van der Waals surface area contributed by atoms with E-state index in [4.69, 9.17) is 10.5 Å². The minimum atomic E-state index is -0.482. The molecule has 1 aromatic rings. The SMILES string of the molecule is Cc1ccc(C2CC(N)CCN2C(=O)OC(C)(C)C)cc1C. The number of hydrogen-bond acceptors (Lipinski definition) is 3. The number of carbonyl (C=O) groups is 1. The molecule has 1 saturated heterocycles. The highest BCUT2D eigenvalue weighted by atomic mass is 16.6. The highest BCUT2D eigenvalue weighted by Gasteiger charge is 2.34. The van der Waals surface area contributed by atoms with Crippen LogP contribution >= 0.6 is 0 Å². The minimum Gasteiger partial charge on any atom is -0.444 e. The van der Waals surface area contributed by atoms with Crippen molar-refractivity contribution in [3.05, 3.63) is 34.9 Å². The van der Waals surface area contributed by atoms with Gasteiger partial charge in [0.1, 0.15) is 5.60 Å². The van der Waals surface area contributed by atoms with Gasteiger partial charge in [-0.2, -0.15) is 0 Å². The molecule has 2 atom stereocenters. The Hall–Kier alpha value is -1.55. The number of nitrogens with zero attached hydrogens (tertiary/aromatic N) is 1. The van der Waals surface area contributed by atoms with Crippen LogP contribution in [0.2, 0.25) is 0 Å². The summed E-state index contributed by atoms with van der Waals surface area (Å²) in [6, 6.07) is 6.50. The van der Waals surface area contributed by atoms with Crippen molar-refractivity contribution in [2.75, 3.05) is 6.54 Å². The van der Waals surface area contributed by atoms with Crippen molar-refractivity contribution in [2.45, 2.75) is 65.1 Å². The van der Waals surface area contributed by atoms with E-state index < -0.39 is 5.60 Å². The lowest BCUT2D eigenvalue weighted by atomic mass is 9.91. The molecule has 2 rings (SSSR count). The summed E-state index contributed by atoms with van der Waals surface area (Å²) in [6.45, 7) is 10.5. The van der Waals surface area contributed by atoms with Crippen molar-refractivity contribution in [1.29, 1.82) is 0 Å². The lowest BCUT2D eigenvalue weighted by Gasteiger charge is -2.39. The number of amides is 1. The summed E-state index contributed by atoms with van der Waals surface area (Å²) in [6.07, 6.45) is 1.35. The number of benzene rings is 1.